The lowest BCUT2D eigenvalue weighted by atomic mass is 10.1. The fourth-order valence-electron chi connectivity index (χ4n) is 1.84. The smallest absolute Gasteiger partial charge is 0.222 e. The van der Waals surface area contributed by atoms with Gasteiger partial charge in [0.25, 0.3) is 0 Å². The van der Waals surface area contributed by atoms with Gasteiger partial charge in [-0.2, -0.15) is 0 Å². The first-order chi connectivity index (χ1) is 9.49. The molecule has 5 nitrogen and oxygen atoms in total. The van der Waals surface area contributed by atoms with Crippen molar-refractivity contribution >= 4 is 23.2 Å². The summed E-state index contributed by atoms with van der Waals surface area (Å²) < 4.78 is 0. The molecule has 1 aromatic heterocycles. The maximum atomic E-state index is 11.9. The fraction of sp³-hybridized carbons (Fsp3) is 0.571. The van der Waals surface area contributed by atoms with Crippen LogP contribution < -0.4 is 10.6 Å². The molecule has 0 aliphatic heterocycles. The number of nitrogens with one attached hydrogen (secondary N) is 2. The molecule has 0 spiro atoms. The first-order valence-electron chi connectivity index (χ1n) is 6.74. The lowest BCUT2D eigenvalue weighted by molar-refractivity contribution is -0.122. The second-order valence-electron chi connectivity index (χ2n) is 4.81. The number of hydrogen-bond acceptors (Lipinski definition) is 4. The van der Waals surface area contributed by atoms with Gasteiger partial charge in [0.15, 0.2) is 0 Å². The molecule has 6 heteroatoms. The molecule has 0 aromatic carbocycles. The van der Waals surface area contributed by atoms with E-state index < -0.39 is 0 Å². The zero-order chi connectivity index (χ0) is 15.0. The van der Waals surface area contributed by atoms with Crippen molar-refractivity contribution in [2.75, 3.05) is 6.54 Å². The number of carbonyl (C=O) groups is 2. The molecule has 112 valence electrons. The van der Waals surface area contributed by atoms with Crippen LogP contribution in [0.5, 0.6) is 0 Å². The summed E-state index contributed by atoms with van der Waals surface area (Å²) in [5.41, 5.74) is 0. The number of aliphatic hydroxyl groups excluding tert-OH is 1. The summed E-state index contributed by atoms with van der Waals surface area (Å²) in [5, 5.41) is 16.6. The molecule has 0 fully saturated rings. The Hall–Kier alpha value is -1.40. The predicted molar refractivity (Wildman–Crippen MR) is 79.4 cm³/mol. The van der Waals surface area contributed by atoms with Crippen LogP contribution in [-0.2, 0) is 9.59 Å². The average molecular weight is 298 g/mol. The zero-order valence-electron chi connectivity index (χ0n) is 11.9. The number of aliphatic hydroxyl groups is 1. The standard InChI is InChI=1S/C14H22N2O3S/c1-10(17)5-3-7-15-14(19)9-12(16-11(2)18)13-6-4-8-20-13/h4,6,8,10,12,17H,3,5,7,9H2,1-2H3,(H,15,19)(H,16,18). The van der Waals surface area contributed by atoms with Crippen molar-refractivity contribution in [1.29, 1.82) is 0 Å². The van der Waals surface area contributed by atoms with Crippen molar-refractivity contribution in [2.45, 2.75) is 45.3 Å². The van der Waals surface area contributed by atoms with Gasteiger partial charge in [-0.1, -0.05) is 6.07 Å². The molecule has 3 N–H and O–H groups in total. The van der Waals surface area contributed by atoms with Gasteiger partial charge in [0, 0.05) is 18.3 Å². The minimum absolute atomic E-state index is 0.0947. The van der Waals surface area contributed by atoms with Crippen molar-refractivity contribution in [2.24, 2.45) is 0 Å². The van der Waals surface area contributed by atoms with E-state index in [0.717, 1.165) is 11.3 Å². The fourth-order valence-corrected chi connectivity index (χ4v) is 2.62. The summed E-state index contributed by atoms with van der Waals surface area (Å²) in [6.07, 6.45) is 1.30. The Labute approximate surface area is 123 Å². The van der Waals surface area contributed by atoms with E-state index in [1.54, 1.807) is 6.92 Å². The molecular weight excluding hydrogens is 276 g/mol. The van der Waals surface area contributed by atoms with Gasteiger partial charge in [-0.15, -0.1) is 11.3 Å². The van der Waals surface area contributed by atoms with Crippen LogP contribution in [0.4, 0.5) is 0 Å². The summed E-state index contributed by atoms with van der Waals surface area (Å²) >= 11 is 1.52. The van der Waals surface area contributed by atoms with E-state index in [9.17, 15) is 9.59 Å². The third-order valence-electron chi connectivity index (χ3n) is 2.77. The molecule has 20 heavy (non-hydrogen) atoms. The minimum atomic E-state index is -0.342. The van der Waals surface area contributed by atoms with Crippen LogP contribution in [0.25, 0.3) is 0 Å². The van der Waals surface area contributed by atoms with Gasteiger partial charge < -0.3 is 15.7 Å². The lowest BCUT2D eigenvalue weighted by Gasteiger charge is -2.16. The van der Waals surface area contributed by atoms with Crippen molar-refractivity contribution in [3.8, 4) is 0 Å². The average Bonchev–Trinajstić information content (AvgIpc) is 2.86. The van der Waals surface area contributed by atoms with Crippen LogP contribution in [0.2, 0.25) is 0 Å². The van der Waals surface area contributed by atoms with E-state index in [1.165, 1.54) is 18.3 Å². The van der Waals surface area contributed by atoms with Crippen LogP contribution >= 0.6 is 11.3 Å². The molecule has 0 bridgehead atoms. The Morgan fingerprint density at radius 3 is 2.75 bits per heavy atom. The molecule has 1 aromatic rings. The second kappa shape index (κ2) is 8.71. The molecule has 0 saturated carbocycles. The topological polar surface area (TPSA) is 78.4 Å². The van der Waals surface area contributed by atoms with Gasteiger partial charge in [-0.05, 0) is 31.2 Å². The van der Waals surface area contributed by atoms with E-state index in [-0.39, 0.29) is 30.4 Å². The van der Waals surface area contributed by atoms with Crippen molar-refractivity contribution in [1.82, 2.24) is 10.6 Å². The Kier molecular flexibility index (Phi) is 7.25. The molecule has 1 heterocycles. The van der Waals surface area contributed by atoms with Gasteiger partial charge in [0.1, 0.15) is 0 Å². The quantitative estimate of drug-likeness (QED) is 0.638. The van der Waals surface area contributed by atoms with E-state index in [4.69, 9.17) is 5.11 Å². The number of rotatable bonds is 8. The monoisotopic (exact) mass is 298 g/mol. The Morgan fingerprint density at radius 1 is 1.45 bits per heavy atom. The van der Waals surface area contributed by atoms with Crippen LogP contribution in [0.1, 0.15) is 44.0 Å². The van der Waals surface area contributed by atoms with E-state index in [2.05, 4.69) is 10.6 Å². The van der Waals surface area contributed by atoms with E-state index in [0.29, 0.717) is 13.0 Å². The van der Waals surface area contributed by atoms with Gasteiger partial charge in [-0.25, -0.2) is 0 Å². The molecule has 1 rings (SSSR count). The summed E-state index contributed by atoms with van der Waals surface area (Å²) in [7, 11) is 0. The van der Waals surface area contributed by atoms with Crippen molar-refractivity contribution in [3.05, 3.63) is 22.4 Å². The van der Waals surface area contributed by atoms with E-state index in [1.807, 2.05) is 17.5 Å². The van der Waals surface area contributed by atoms with Gasteiger partial charge in [0.05, 0.1) is 18.6 Å². The van der Waals surface area contributed by atoms with Crippen LogP contribution in [-0.4, -0.2) is 29.6 Å². The first-order valence-corrected chi connectivity index (χ1v) is 7.62. The highest BCUT2D eigenvalue weighted by Gasteiger charge is 2.17. The lowest BCUT2D eigenvalue weighted by Crippen LogP contribution is -2.32. The van der Waals surface area contributed by atoms with Gasteiger partial charge in [0.2, 0.25) is 11.8 Å². The SMILES string of the molecule is CC(=O)NC(CC(=O)NCCCC(C)O)c1cccs1. The van der Waals surface area contributed by atoms with E-state index >= 15 is 0 Å². The predicted octanol–water partition coefficient (Wildman–Crippen LogP) is 1.59. The Bertz CT molecular complexity index is 418. The molecular formula is C14H22N2O3S. The van der Waals surface area contributed by atoms with Crippen LogP contribution in [0, 0.1) is 0 Å². The molecule has 0 saturated heterocycles. The maximum Gasteiger partial charge on any atom is 0.222 e. The third-order valence-corrected chi connectivity index (χ3v) is 3.76. The Balaban J connectivity index is 2.41. The highest BCUT2D eigenvalue weighted by Crippen LogP contribution is 2.21. The second-order valence-corrected chi connectivity index (χ2v) is 5.79. The number of carbonyl (C=O) groups excluding carboxylic acids is 2. The number of hydrogen-bond donors (Lipinski definition) is 3. The largest absolute Gasteiger partial charge is 0.393 e. The first kappa shape index (κ1) is 16.7. The molecule has 2 unspecified atom stereocenters. The minimum Gasteiger partial charge on any atom is -0.393 e. The normalized spacial score (nSPS) is 13.6. The third kappa shape index (κ3) is 6.68. The maximum absolute atomic E-state index is 11.9. The van der Waals surface area contributed by atoms with Crippen LogP contribution in [0.15, 0.2) is 17.5 Å². The highest BCUT2D eigenvalue weighted by atomic mass is 32.1. The summed E-state index contributed by atoms with van der Waals surface area (Å²) in [5.74, 6) is -0.243. The number of amides is 2. The molecule has 0 aliphatic carbocycles. The molecule has 2 atom stereocenters. The van der Waals surface area contributed by atoms with Crippen LogP contribution in [0.3, 0.4) is 0 Å². The zero-order valence-corrected chi connectivity index (χ0v) is 12.7. The molecule has 0 radical (unpaired) electrons. The highest BCUT2D eigenvalue weighted by molar-refractivity contribution is 7.10. The van der Waals surface area contributed by atoms with Gasteiger partial charge in [-0.3, -0.25) is 9.59 Å². The van der Waals surface area contributed by atoms with Gasteiger partial charge >= 0.3 is 0 Å². The Morgan fingerprint density at radius 2 is 2.20 bits per heavy atom. The summed E-state index contributed by atoms with van der Waals surface area (Å²) in [6.45, 7) is 3.72. The van der Waals surface area contributed by atoms with Crippen molar-refractivity contribution < 1.29 is 14.7 Å². The summed E-state index contributed by atoms with van der Waals surface area (Å²) in [6, 6.07) is 3.53. The molecule has 2 amide bonds. The summed E-state index contributed by atoms with van der Waals surface area (Å²) in [4.78, 5) is 24.0. The number of thiophene rings is 1. The van der Waals surface area contributed by atoms with Crippen molar-refractivity contribution in [3.63, 3.8) is 0 Å². The molecule has 0 aliphatic rings.